The van der Waals surface area contributed by atoms with Crippen molar-refractivity contribution in [2.24, 2.45) is 0 Å². The van der Waals surface area contributed by atoms with Crippen LogP contribution in [0.4, 0.5) is 5.13 Å². The molecule has 130 valence electrons. The van der Waals surface area contributed by atoms with Crippen LogP contribution in [0.15, 0.2) is 24.3 Å². The molecule has 2 amide bonds. The predicted octanol–water partition coefficient (Wildman–Crippen LogP) is 3.75. The quantitative estimate of drug-likeness (QED) is 0.854. The summed E-state index contributed by atoms with van der Waals surface area (Å²) in [6.45, 7) is 0. The van der Waals surface area contributed by atoms with Gasteiger partial charge in [0.2, 0.25) is 5.91 Å². The van der Waals surface area contributed by atoms with Crippen LogP contribution < -0.4 is 10.6 Å². The Hall–Kier alpha value is -1.92. The van der Waals surface area contributed by atoms with Gasteiger partial charge in [-0.1, -0.05) is 11.6 Å². The fourth-order valence-electron chi connectivity index (χ4n) is 3.03. The number of carbonyl (C=O) groups excluding carboxylic acids is 2. The van der Waals surface area contributed by atoms with E-state index in [9.17, 15) is 9.59 Å². The molecule has 7 heteroatoms. The molecule has 2 aromatic rings. The van der Waals surface area contributed by atoms with Crippen molar-refractivity contribution in [3.63, 3.8) is 0 Å². The van der Waals surface area contributed by atoms with E-state index < -0.39 is 0 Å². The third-order valence-corrected chi connectivity index (χ3v) is 5.82. The van der Waals surface area contributed by atoms with Crippen LogP contribution in [0.25, 0.3) is 0 Å². The molecule has 1 aromatic heterocycles. The molecular formula is C18H18ClN3O2S. The largest absolute Gasteiger partial charge is 0.353 e. The van der Waals surface area contributed by atoms with Crippen molar-refractivity contribution in [3.05, 3.63) is 45.4 Å². The van der Waals surface area contributed by atoms with Gasteiger partial charge < -0.3 is 5.32 Å². The molecule has 0 radical (unpaired) electrons. The molecule has 2 aliphatic rings. The van der Waals surface area contributed by atoms with Gasteiger partial charge in [0.05, 0.1) is 11.6 Å². The normalized spacial score (nSPS) is 19.2. The number of nitrogens with zero attached hydrogens (tertiary/aromatic N) is 1. The number of benzene rings is 1. The minimum Gasteiger partial charge on any atom is -0.353 e. The average molecular weight is 376 g/mol. The Kier molecular flexibility index (Phi) is 4.48. The molecule has 0 bridgehead atoms. The molecule has 1 heterocycles. The average Bonchev–Trinajstić information content (AvgIpc) is 3.31. The SMILES string of the molecule is O=C(Nc1nc2c(s1)CCC[C@@H]2C(=O)NC1CC1)c1ccc(Cl)cc1. The molecule has 2 N–H and O–H groups in total. The van der Waals surface area contributed by atoms with Crippen LogP contribution in [-0.4, -0.2) is 22.8 Å². The Morgan fingerprint density at radius 1 is 1.16 bits per heavy atom. The Balaban J connectivity index is 1.50. The number of amides is 2. The Labute approximate surface area is 154 Å². The van der Waals surface area contributed by atoms with Crippen LogP contribution in [0.5, 0.6) is 0 Å². The molecule has 0 aliphatic heterocycles. The Morgan fingerprint density at radius 3 is 2.64 bits per heavy atom. The number of carbonyl (C=O) groups is 2. The van der Waals surface area contributed by atoms with Crippen molar-refractivity contribution in [2.45, 2.75) is 44.1 Å². The summed E-state index contributed by atoms with van der Waals surface area (Å²) >= 11 is 7.32. The summed E-state index contributed by atoms with van der Waals surface area (Å²) in [6, 6.07) is 7.07. The first-order valence-corrected chi connectivity index (χ1v) is 9.66. The van der Waals surface area contributed by atoms with E-state index in [1.807, 2.05) is 0 Å². The van der Waals surface area contributed by atoms with Gasteiger partial charge in [0, 0.05) is 21.5 Å². The fourth-order valence-corrected chi connectivity index (χ4v) is 4.21. The fraction of sp³-hybridized carbons (Fsp3) is 0.389. The van der Waals surface area contributed by atoms with E-state index in [1.54, 1.807) is 24.3 Å². The van der Waals surface area contributed by atoms with E-state index >= 15 is 0 Å². The number of halogens is 1. The molecular weight excluding hydrogens is 358 g/mol. The van der Waals surface area contributed by atoms with E-state index in [1.165, 1.54) is 11.3 Å². The first kappa shape index (κ1) is 16.5. The highest BCUT2D eigenvalue weighted by Gasteiger charge is 2.33. The minimum atomic E-state index is -0.221. The van der Waals surface area contributed by atoms with Crippen LogP contribution >= 0.6 is 22.9 Å². The Bertz CT molecular complexity index is 814. The summed E-state index contributed by atoms with van der Waals surface area (Å²) in [5.74, 6) is -0.340. The molecule has 0 saturated heterocycles. The summed E-state index contributed by atoms with van der Waals surface area (Å²) in [6.07, 6.45) is 4.86. The minimum absolute atomic E-state index is 0.0735. The van der Waals surface area contributed by atoms with E-state index in [0.29, 0.717) is 21.8 Å². The second-order valence-corrected chi connectivity index (χ2v) is 8.04. The van der Waals surface area contributed by atoms with Crippen LogP contribution in [0.3, 0.4) is 0 Å². The smallest absolute Gasteiger partial charge is 0.257 e. The van der Waals surface area contributed by atoms with Crippen LogP contribution in [0.1, 0.15) is 52.5 Å². The monoisotopic (exact) mass is 375 g/mol. The number of aromatic nitrogens is 1. The summed E-state index contributed by atoms with van der Waals surface area (Å²) in [5.41, 5.74) is 1.36. The molecule has 0 unspecified atom stereocenters. The number of nitrogens with one attached hydrogen (secondary N) is 2. The van der Waals surface area contributed by atoms with Gasteiger partial charge in [-0.05, 0) is 56.4 Å². The van der Waals surface area contributed by atoms with Crippen molar-refractivity contribution in [1.29, 1.82) is 0 Å². The first-order chi connectivity index (χ1) is 12.1. The standard InChI is InChI=1S/C18H18ClN3O2S/c19-11-6-4-10(5-7-11)16(23)22-18-21-15-13(2-1-3-14(15)25-18)17(24)20-12-8-9-12/h4-7,12-13H,1-3,8-9H2,(H,20,24)(H,21,22,23)/t13-/m0/s1. The summed E-state index contributed by atoms with van der Waals surface area (Å²) in [5, 5.41) is 7.05. The zero-order valence-electron chi connectivity index (χ0n) is 13.5. The maximum absolute atomic E-state index is 12.4. The number of anilines is 1. The number of hydrogen-bond acceptors (Lipinski definition) is 4. The van der Waals surface area contributed by atoms with Gasteiger partial charge in [0.25, 0.3) is 5.91 Å². The molecule has 25 heavy (non-hydrogen) atoms. The van der Waals surface area contributed by atoms with Crippen LogP contribution in [-0.2, 0) is 11.2 Å². The number of aryl methyl sites for hydroxylation is 1. The van der Waals surface area contributed by atoms with Crippen LogP contribution in [0.2, 0.25) is 5.02 Å². The van der Waals surface area contributed by atoms with Gasteiger partial charge in [-0.3, -0.25) is 14.9 Å². The van der Waals surface area contributed by atoms with Gasteiger partial charge >= 0.3 is 0 Å². The van der Waals surface area contributed by atoms with Gasteiger partial charge in [0.15, 0.2) is 5.13 Å². The second kappa shape index (κ2) is 6.77. The summed E-state index contributed by atoms with van der Waals surface area (Å²) < 4.78 is 0. The van der Waals surface area contributed by atoms with Crippen molar-refractivity contribution in [2.75, 3.05) is 5.32 Å². The Morgan fingerprint density at radius 2 is 1.92 bits per heavy atom. The maximum Gasteiger partial charge on any atom is 0.257 e. The zero-order chi connectivity index (χ0) is 17.4. The van der Waals surface area contributed by atoms with Crippen LogP contribution in [0, 0.1) is 0 Å². The molecule has 4 rings (SSSR count). The number of rotatable bonds is 4. The van der Waals surface area contributed by atoms with E-state index in [2.05, 4.69) is 15.6 Å². The number of fused-ring (bicyclic) bond motifs is 1. The summed E-state index contributed by atoms with van der Waals surface area (Å²) in [7, 11) is 0. The summed E-state index contributed by atoms with van der Waals surface area (Å²) in [4.78, 5) is 30.5. The molecule has 1 aromatic carbocycles. The highest BCUT2D eigenvalue weighted by Crippen LogP contribution is 2.37. The van der Waals surface area contributed by atoms with E-state index in [-0.39, 0.29) is 17.7 Å². The van der Waals surface area contributed by atoms with Crippen molar-refractivity contribution in [1.82, 2.24) is 10.3 Å². The molecule has 0 spiro atoms. The zero-order valence-corrected chi connectivity index (χ0v) is 15.1. The van der Waals surface area contributed by atoms with Gasteiger partial charge in [-0.25, -0.2) is 4.98 Å². The third kappa shape index (κ3) is 3.70. The lowest BCUT2D eigenvalue weighted by atomic mass is 9.90. The van der Waals surface area contributed by atoms with E-state index in [4.69, 9.17) is 11.6 Å². The van der Waals surface area contributed by atoms with Gasteiger partial charge in [-0.2, -0.15) is 0 Å². The lowest BCUT2D eigenvalue weighted by Gasteiger charge is -2.20. The van der Waals surface area contributed by atoms with Crippen molar-refractivity contribution in [3.8, 4) is 0 Å². The predicted molar refractivity (Wildman–Crippen MR) is 98.4 cm³/mol. The highest BCUT2D eigenvalue weighted by atomic mass is 35.5. The maximum atomic E-state index is 12.4. The van der Waals surface area contributed by atoms with Crippen molar-refractivity contribution < 1.29 is 9.59 Å². The first-order valence-electron chi connectivity index (χ1n) is 8.47. The number of hydrogen-bond donors (Lipinski definition) is 2. The molecule has 1 saturated carbocycles. The molecule has 5 nitrogen and oxygen atoms in total. The number of thiazole rings is 1. The van der Waals surface area contributed by atoms with Crippen molar-refractivity contribution >= 4 is 39.9 Å². The highest BCUT2D eigenvalue weighted by molar-refractivity contribution is 7.16. The van der Waals surface area contributed by atoms with Gasteiger partial charge in [-0.15, -0.1) is 11.3 Å². The topological polar surface area (TPSA) is 71.1 Å². The molecule has 1 atom stereocenters. The second-order valence-electron chi connectivity index (χ2n) is 6.52. The molecule has 1 fully saturated rings. The molecule has 2 aliphatic carbocycles. The lowest BCUT2D eigenvalue weighted by Crippen LogP contribution is -2.32. The third-order valence-electron chi connectivity index (χ3n) is 4.52. The van der Waals surface area contributed by atoms with Gasteiger partial charge in [0.1, 0.15) is 0 Å². The van der Waals surface area contributed by atoms with E-state index in [0.717, 1.165) is 42.7 Å². The lowest BCUT2D eigenvalue weighted by molar-refractivity contribution is -0.123.